The third-order valence-electron chi connectivity index (χ3n) is 3.83. The second-order valence-electron chi connectivity index (χ2n) is 5.78. The molecule has 0 radical (unpaired) electrons. The fourth-order valence-electron chi connectivity index (χ4n) is 2.89. The zero-order valence-corrected chi connectivity index (χ0v) is 11.7. The lowest BCUT2D eigenvalue weighted by molar-refractivity contribution is -0.386. The highest BCUT2D eigenvalue weighted by Crippen LogP contribution is 2.31. The predicted molar refractivity (Wildman–Crippen MR) is 72.8 cm³/mol. The molecular weight excluding hydrogens is 263 g/mol. The van der Waals surface area contributed by atoms with Crippen molar-refractivity contribution in [3.63, 3.8) is 0 Å². The van der Waals surface area contributed by atoms with Crippen molar-refractivity contribution in [2.75, 3.05) is 6.54 Å². The molecule has 6 heteroatoms. The highest BCUT2D eigenvalue weighted by Gasteiger charge is 2.37. The second-order valence-corrected chi connectivity index (χ2v) is 5.78. The number of benzene rings is 1. The molecule has 0 aliphatic carbocycles. The lowest BCUT2D eigenvalue weighted by Gasteiger charge is -2.33. The van der Waals surface area contributed by atoms with E-state index in [1.54, 1.807) is 13.8 Å². The summed E-state index contributed by atoms with van der Waals surface area (Å²) in [6.45, 7) is 4.29. The summed E-state index contributed by atoms with van der Waals surface area (Å²) in [6, 6.07) is 3.78. The van der Waals surface area contributed by atoms with Crippen molar-refractivity contribution in [1.82, 2.24) is 4.90 Å². The van der Waals surface area contributed by atoms with Gasteiger partial charge in [0.2, 0.25) is 0 Å². The quantitative estimate of drug-likeness (QED) is 0.680. The van der Waals surface area contributed by atoms with Crippen LogP contribution in [0, 0.1) is 15.9 Å². The Kier molecular flexibility index (Phi) is 4.06. The molecule has 1 aliphatic heterocycles. The fraction of sp³-hybridized carbons (Fsp3) is 0.571. The van der Waals surface area contributed by atoms with Crippen molar-refractivity contribution in [1.29, 1.82) is 0 Å². The number of rotatable bonds is 4. The molecule has 20 heavy (non-hydrogen) atoms. The monoisotopic (exact) mass is 282 g/mol. The SMILES string of the molecule is CC(C)(O)C1CCCN1Cc1c(F)cccc1[N+](=O)[O-]. The van der Waals surface area contributed by atoms with E-state index < -0.39 is 16.3 Å². The summed E-state index contributed by atoms with van der Waals surface area (Å²) in [6.07, 6.45) is 1.71. The van der Waals surface area contributed by atoms with Crippen molar-refractivity contribution in [2.45, 2.75) is 44.9 Å². The molecule has 1 aromatic carbocycles. The molecule has 1 aromatic rings. The largest absolute Gasteiger partial charge is 0.389 e. The smallest absolute Gasteiger partial charge is 0.276 e. The minimum Gasteiger partial charge on any atom is -0.389 e. The minimum absolute atomic E-state index is 0.0913. The van der Waals surface area contributed by atoms with Crippen LogP contribution in [0.15, 0.2) is 18.2 Å². The highest BCUT2D eigenvalue weighted by atomic mass is 19.1. The summed E-state index contributed by atoms with van der Waals surface area (Å²) < 4.78 is 13.9. The van der Waals surface area contributed by atoms with Crippen LogP contribution in [0.2, 0.25) is 0 Å². The van der Waals surface area contributed by atoms with Gasteiger partial charge in [-0.05, 0) is 39.3 Å². The molecule has 5 nitrogen and oxygen atoms in total. The molecule has 1 saturated heterocycles. The van der Waals surface area contributed by atoms with Gasteiger partial charge in [0.1, 0.15) is 5.82 Å². The first-order valence-corrected chi connectivity index (χ1v) is 6.69. The van der Waals surface area contributed by atoms with E-state index in [1.807, 2.05) is 4.90 Å². The predicted octanol–water partition coefficient (Wildman–Crippen LogP) is 2.47. The van der Waals surface area contributed by atoms with Gasteiger partial charge in [-0.15, -0.1) is 0 Å². The molecule has 0 amide bonds. The third-order valence-corrected chi connectivity index (χ3v) is 3.83. The molecule has 0 spiro atoms. The van der Waals surface area contributed by atoms with E-state index in [0.29, 0.717) is 6.54 Å². The lowest BCUT2D eigenvalue weighted by atomic mass is 9.96. The molecule has 110 valence electrons. The van der Waals surface area contributed by atoms with E-state index in [0.717, 1.165) is 12.8 Å². The molecule has 2 rings (SSSR count). The van der Waals surface area contributed by atoms with Gasteiger partial charge in [-0.3, -0.25) is 15.0 Å². The Morgan fingerprint density at radius 1 is 1.55 bits per heavy atom. The van der Waals surface area contributed by atoms with Gasteiger partial charge < -0.3 is 5.11 Å². The van der Waals surface area contributed by atoms with E-state index >= 15 is 0 Å². The van der Waals surface area contributed by atoms with Crippen LogP contribution in [0.1, 0.15) is 32.3 Å². The lowest BCUT2D eigenvalue weighted by Crippen LogP contribution is -2.45. The normalized spacial score (nSPS) is 20.3. The van der Waals surface area contributed by atoms with E-state index in [1.165, 1.54) is 18.2 Å². The summed E-state index contributed by atoms with van der Waals surface area (Å²) in [7, 11) is 0. The first-order chi connectivity index (χ1) is 9.30. The number of nitro groups is 1. The first kappa shape index (κ1) is 14.9. The van der Waals surface area contributed by atoms with Gasteiger partial charge >= 0.3 is 0 Å². The van der Waals surface area contributed by atoms with Crippen molar-refractivity contribution >= 4 is 5.69 Å². The molecular formula is C14H19FN2O3. The second kappa shape index (κ2) is 5.46. The van der Waals surface area contributed by atoms with Crippen molar-refractivity contribution in [2.24, 2.45) is 0 Å². The Morgan fingerprint density at radius 2 is 2.25 bits per heavy atom. The Bertz CT molecular complexity index is 514. The summed E-state index contributed by atoms with van der Waals surface area (Å²) in [4.78, 5) is 12.4. The minimum atomic E-state index is -0.906. The average molecular weight is 282 g/mol. The molecule has 1 unspecified atom stereocenters. The highest BCUT2D eigenvalue weighted by molar-refractivity contribution is 5.41. The van der Waals surface area contributed by atoms with Gasteiger partial charge in [0, 0.05) is 18.7 Å². The van der Waals surface area contributed by atoms with Crippen LogP contribution in [0.5, 0.6) is 0 Å². The van der Waals surface area contributed by atoms with Gasteiger partial charge in [-0.2, -0.15) is 0 Å². The van der Waals surface area contributed by atoms with E-state index in [-0.39, 0.29) is 23.8 Å². The molecule has 0 bridgehead atoms. The summed E-state index contributed by atoms with van der Waals surface area (Å²) in [5.74, 6) is -0.569. The zero-order chi connectivity index (χ0) is 14.9. The van der Waals surface area contributed by atoms with Crippen molar-refractivity contribution in [3.8, 4) is 0 Å². The van der Waals surface area contributed by atoms with Gasteiger partial charge in [-0.25, -0.2) is 4.39 Å². The van der Waals surface area contributed by atoms with Crippen LogP contribution in [0.25, 0.3) is 0 Å². The number of nitro benzene ring substituents is 1. The Labute approximate surface area is 117 Å². The van der Waals surface area contributed by atoms with Crippen molar-refractivity contribution < 1.29 is 14.4 Å². The maximum absolute atomic E-state index is 13.9. The Balaban J connectivity index is 2.28. The number of likely N-dealkylation sites (tertiary alicyclic amines) is 1. The number of aliphatic hydroxyl groups is 1. The van der Waals surface area contributed by atoms with Gasteiger partial charge in [0.15, 0.2) is 0 Å². The maximum Gasteiger partial charge on any atom is 0.276 e. The van der Waals surface area contributed by atoms with E-state index in [9.17, 15) is 19.6 Å². The van der Waals surface area contributed by atoms with E-state index in [4.69, 9.17) is 0 Å². The fourth-order valence-corrected chi connectivity index (χ4v) is 2.89. The van der Waals surface area contributed by atoms with Crippen LogP contribution in [0.3, 0.4) is 0 Å². The number of halogens is 1. The topological polar surface area (TPSA) is 66.6 Å². The molecule has 1 heterocycles. The number of hydrogen-bond acceptors (Lipinski definition) is 4. The zero-order valence-electron chi connectivity index (χ0n) is 11.7. The average Bonchev–Trinajstić information content (AvgIpc) is 2.79. The summed E-state index contributed by atoms with van der Waals surface area (Å²) >= 11 is 0. The molecule has 1 N–H and O–H groups in total. The number of hydrogen-bond donors (Lipinski definition) is 1. The van der Waals surface area contributed by atoms with Gasteiger partial charge in [0.05, 0.1) is 16.1 Å². The molecule has 1 aliphatic rings. The summed E-state index contributed by atoms with van der Waals surface area (Å²) in [5.41, 5.74) is -1.02. The van der Waals surface area contributed by atoms with E-state index in [2.05, 4.69) is 0 Å². The molecule has 1 atom stereocenters. The maximum atomic E-state index is 13.9. The van der Waals surface area contributed by atoms with Crippen molar-refractivity contribution in [3.05, 3.63) is 39.7 Å². The third kappa shape index (κ3) is 2.96. The molecule has 1 fully saturated rings. The first-order valence-electron chi connectivity index (χ1n) is 6.69. The Hall–Kier alpha value is -1.53. The van der Waals surface area contributed by atoms with Crippen LogP contribution in [-0.4, -0.2) is 33.1 Å². The Morgan fingerprint density at radius 3 is 2.85 bits per heavy atom. The van der Waals surface area contributed by atoms with Gasteiger partial charge in [0.25, 0.3) is 5.69 Å². The standard InChI is InChI=1S/C14H19FN2O3/c1-14(2,18)13-7-4-8-16(13)9-10-11(15)5-3-6-12(10)17(19)20/h3,5-6,13,18H,4,7-9H2,1-2H3. The number of nitrogens with zero attached hydrogens (tertiary/aromatic N) is 2. The molecule has 0 aromatic heterocycles. The summed E-state index contributed by atoms with van der Waals surface area (Å²) in [5, 5.41) is 21.1. The molecule has 0 saturated carbocycles. The van der Waals surface area contributed by atoms with Gasteiger partial charge in [-0.1, -0.05) is 6.07 Å². The van der Waals surface area contributed by atoms with Crippen LogP contribution < -0.4 is 0 Å². The van der Waals surface area contributed by atoms with Crippen LogP contribution >= 0.6 is 0 Å². The van der Waals surface area contributed by atoms with Crippen LogP contribution in [-0.2, 0) is 6.54 Å². The van der Waals surface area contributed by atoms with Crippen LogP contribution in [0.4, 0.5) is 10.1 Å².